The summed E-state index contributed by atoms with van der Waals surface area (Å²) in [6.07, 6.45) is 2.89. The van der Waals surface area contributed by atoms with Crippen LogP contribution in [0.5, 0.6) is 0 Å². The van der Waals surface area contributed by atoms with Crippen molar-refractivity contribution in [3.05, 3.63) is 34.2 Å². The number of nitrogens with one attached hydrogen (secondary N) is 1. The zero-order valence-corrected chi connectivity index (χ0v) is 10.6. The van der Waals surface area contributed by atoms with E-state index >= 15 is 0 Å². The van der Waals surface area contributed by atoms with Gasteiger partial charge in [-0.25, -0.2) is 0 Å². The normalized spacial score (nSPS) is 10.3. The number of rotatable bonds is 3. The predicted molar refractivity (Wildman–Crippen MR) is 67.6 cm³/mol. The van der Waals surface area contributed by atoms with Gasteiger partial charge in [-0.3, -0.25) is 5.41 Å². The van der Waals surface area contributed by atoms with Gasteiger partial charge in [0.15, 0.2) is 0 Å². The zero-order chi connectivity index (χ0) is 11.7. The molecule has 15 heavy (non-hydrogen) atoms. The molecular formula is C12H19NOS. The molecule has 1 rings (SSSR count). The molecule has 0 saturated heterocycles. The van der Waals surface area contributed by atoms with Gasteiger partial charge >= 0.3 is 0 Å². The van der Waals surface area contributed by atoms with Crippen molar-refractivity contribution in [2.75, 3.05) is 0 Å². The summed E-state index contributed by atoms with van der Waals surface area (Å²) in [6, 6.07) is 3.79. The van der Waals surface area contributed by atoms with Crippen molar-refractivity contribution < 1.29 is 4.74 Å². The van der Waals surface area contributed by atoms with Crippen molar-refractivity contribution in [2.45, 2.75) is 34.1 Å². The Balaban J connectivity index is 0.000000921. The topological polar surface area (TPSA) is 33.1 Å². The quantitative estimate of drug-likeness (QED) is 0.461. The van der Waals surface area contributed by atoms with Crippen molar-refractivity contribution in [3.63, 3.8) is 0 Å². The van der Waals surface area contributed by atoms with Gasteiger partial charge in [-0.1, -0.05) is 26.8 Å². The Morgan fingerprint density at radius 3 is 2.67 bits per heavy atom. The van der Waals surface area contributed by atoms with Crippen LogP contribution < -0.4 is 0 Å². The van der Waals surface area contributed by atoms with Crippen molar-refractivity contribution in [3.8, 4) is 0 Å². The summed E-state index contributed by atoms with van der Waals surface area (Å²) in [7, 11) is 0. The molecule has 3 heteroatoms. The number of thiophene rings is 1. The molecule has 0 spiro atoms. The molecule has 0 atom stereocenters. The van der Waals surface area contributed by atoms with Crippen LogP contribution in [0.2, 0.25) is 0 Å². The van der Waals surface area contributed by atoms with Gasteiger partial charge in [0.25, 0.3) is 0 Å². The van der Waals surface area contributed by atoms with Crippen LogP contribution in [0.15, 0.2) is 29.3 Å². The van der Waals surface area contributed by atoms with E-state index in [1.165, 1.54) is 11.3 Å². The molecule has 1 heterocycles. The van der Waals surface area contributed by atoms with E-state index in [9.17, 15) is 0 Å². The summed E-state index contributed by atoms with van der Waals surface area (Å²) in [6.45, 7) is 7.91. The summed E-state index contributed by atoms with van der Waals surface area (Å²) in [5.74, 6) is 1.03. The molecule has 2 nitrogen and oxygen atoms in total. The minimum Gasteiger partial charge on any atom is -0.443 e. The number of allylic oxidation sites excluding steroid dienone is 2. The number of ether oxygens (including phenoxy) is 1. The zero-order valence-electron chi connectivity index (χ0n) is 9.83. The van der Waals surface area contributed by atoms with E-state index in [1.54, 1.807) is 0 Å². The van der Waals surface area contributed by atoms with Gasteiger partial charge in [0.1, 0.15) is 0 Å². The third-order valence-electron chi connectivity index (χ3n) is 1.50. The summed E-state index contributed by atoms with van der Waals surface area (Å²) in [5.41, 5.74) is 0. The van der Waals surface area contributed by atoms with Gasteiger partial charge in [0, 0.05) is 0 Å². The molecule has 0 aliphatic rings. The molecule has 0 aromatic carbocycles. The van der Waals surface area contributed by atoms with Gasteiger partial charge in [-0.05, 0) is 30.9 Å². The Labute approximate surface area is 96.1 Å². The van der Waals surface area contributed by atoms with E-state index in [0.717, 1.165) is 17.1 Å². The number of hydrogen-bond donors (Lipinski definition) is 1. The average Bonchev–Trinajstić information content (AvgIpc) is 2.74. The third kappa shape index (κ3) is 5.37. The van der Waals surface area contributed by atoms with Crippen LogP contribution in [0.1, 0.15) is 39.0 Å². The minimum absolute atomic E-state index is 0.234. The smallest absolute Gasteiger partial charge is 0.228 e. The van der Waals surface area contributed by atoms with Gasteiger partial charge in [-0.15, -0.1) is 11.3 Å². The molecule has 0 amide bonds. The lowest BCUT2D eigenvalue weighted by Crippen LogP contribution is -2.00. The third-order valence-corrected chi connectivity index (χ3v) is 2.37. The maximum absolute atomic E-state index is 7.60. The molecule has 1 aromatic heterocycles. The Kier molecular flexibility index (Phi) is 7.64. The maximum atomic E-state index is 7.60. The van der Waals surface area contributed by atoms with E-state index in [-0.39, 0.29) is 5.90 Å². The van der Waals surface area contributed by atoms with Crippen molar-refractivity contribution in [1.82, 2.24) is 0 Å². The van der Waals surface area contributed by atoms with Crippen LogP contribution in [0, 0.1) is 5.41 Å². The Morgan fingerprint density at radius 1 is 1.53 bits per heavy atom. The fraction of sp³-hybridized carbons (Fsp3) is 0.417. The van der Waals surface area contributed by atoms with E-state index in [1.807, 2.05) is 51.3 Å². The monoisotopic (exact) mass is 225 g/mol. The first kappa shape index (κ1) is 13.9. The minimum atomic E-state index is 0.234. The van der Waals surface area contributed by atoms with E-state index < -0.39 is 0 Å². The molecule has 0 fully saturated rings. The highest BCUT2D eigenvalue weighted by Crippen LogP contribution is 2.12. The van der Waals surface area contributed by atoms with Crippen molar-refractivity contribution >= 4 is 17.2 Å². The summed E-state index contributed by atoms with van der Waals surface area (Å²) >= 11 is 1.51. The van der Waals surface area contributed by atoms with Gasteiger partial charge < -0.3 is 4.74 Å². The summed E-state index contributed by atoms with van der Waals surface area (Å²) in [4.78, 5) is 0.865. The first-order valence-electron chi connectivity index (χ1n) is 5.21. The highest BCUT2D eigenvalue weighted by Gasteiger charge is 2.03. The predicted octanol–water partition coefficient (Wildman–Crippen LogP) is 4.43. The SMILES string of the molecule is CC.CC/C=C(\C)OC(=N)c1cccs1. The van der Waals surface area contributed by atoms with E-state index in [2.05, 4.69) is 0 Å². The fourth-order valence-corrected chi connectivity index (χ4v) is 1.56. The Hall–Kier alpha value is -1.09. The highest BCUT2D eigenvalue weighted by atomic mass is 32.1. The van der Waals surface area contributed by atoms with Crippen LogP contribution in [0.4, 0.5) is 0 Å². The second-order valence-electron chi connectivity index (χ2n) is 2.63. The second-order valence-corrected chi connectivity index (χ2v) is 3.58. The van der Waals surface area contributed by atoms with E-state index in [4.69, 9.17) is 10.1 Å². The lowest BCUT2D eigenvalue weighted by atomic mass is 10.4. The van der Waals surface area contributed by atoms with Crippen LogP contribution in [-0.4, -0.2) is 5.90 Å². The average molecular weight is 225 g/mol. The highest BCUT2D eigenvalue weighted by molar-refractivity contribution is 7.12. The van der Waals surface area contributed by atoms with E-state index in [0.29, 0.717) is 0 Å². The largest absolute Gasteiger partial charge is 0.443 e. The molecule has 1 N–H and O–H groups in total. The molecule has 0 radical (unpaired) electrons. The van der Waals surface area contributed by atoms with Crippen LogP contribution in [0.3, 0.4) is 0 Å². The molecular weight excluding hydrogens is 206 g/mol. The van der Waals surface area contributed by atoms with Gasteiger partial charge in [0.05, 0.1) is 10.6 Å². The molecule has 1 aromatic rings. The summed E-state index contributed by atoms with van der Waals surface area (Å²) in [5, 5.41) is 9.54. The fourth-order valence-electron chi connectivity index (χ4n) is 0.948. The molecule has 84 valence electrons. The Bertz CT molecular complexity index is 301. The molecule has 0 aliphatic carbocycles. The maximum Gasteiger partial charge on any atom is 0.228 e. The van der Waals surface area contributed by atoms with Gasteiger partial charge in [-0.2, -0.15) is 0 Å². The van der Waals surface area contributed by atoms with Crippen LogP contribution >= 0.6 is 11.3 Å². The standard InChI is InChI=1S/C10H13NOS.C2H6/c1-3-5-8(2)12-10(11)9-6-4-7-13-9;1-2/h4-7,11H,3H2,1-2H3;1-2H3/b8-5+,11-10?;. The summed E-state index contributed by atoms with van der Waals surface area (Å²) < 4.78 is 5.29. The molecule has 0 aliphatic heterocycles. The van der Waals surface area contributed by atoms with Crippen LogP contribution in [0.25, 0.3) is 0 Å². The lowest BCUT2D eigenvalue weighted by Gasteiger charge is -2.04. The van der Waals surface area contributed by atoms with Gasteiger partial charge in [0.2, 0.25) is 5.90 Å². The molecule has 0 saturated carbocycles. The lowest BCUT2D eigenvalue weighted by molar-refractivity contribution is 0.413. The van der Waals surface area contributed by atoms with Crippen molar-refractivity contribution in [2.24, 2.45) is 0 Å². The second kappa shape index (κ2) is 8.24. The Morgan fingerprint density at radius 2 is 2.20 bits per heavy atom. The molecule has 0 unspecified atom stereocenters. The first-order chi connectivity index (χ1) is 7.24. The first-order valence-corrected chi connectivity index (χ1v) is 6.09. The van der Waals surface area contributed by atoms with Crippen LogP contribution in [-0.2, 0) is 4.74 Å². The number of hydrogen-bond acceptors (Lipinski definition) is 3. The molecule has 0 bridgehead atoms. The van der Waals surface area contributed by atoms with Crippen molar-refractivity contribution in [1.29, 1.82) is 5.41 Å².